The molecule has 0 fully saturated rings. The first-order valence-corrected chi connectivity index (χ1v) is 6.46. The molecule has 0 radical (unpaired) electrons. The quantitative estimate of drug-likeness (QED) is 0.629. The largest absolute Gasteiger partial charge is 0.508 e. The van der Waals surface area contributed by atoms with Crippen molar-refractivity contribution in [3.05, 3.63) is 17.7 Å². The maximum Gasteiger partial charge on any atom is 0.437 e. The van der Waals surface area contributed by atoms with E-state index in [1.165, 1.54) is 19.1 Å². The van der Waals surface area contributed by atoms with Gasteiger partial charge in [0.05, 0.1) is 24.5 Å². The maximum absolute atomic E-state index is 13.1. The Kier molecular flexibility index (Phi) is 4.28. The van der Waals surface area contributed by atoms with E-state index in [0.717, 1.165) is 0 Å². The Morgan fingerprint density at radius 2 is 2.04 bits per heavy atom. The molecular weight excluding hydrogens is 315 g/mol. The number of nitrogens with one attached hydrogen (secondary N) is 1. The van der Waals surface area contributed by atoms with E-state index >= 15 is 0 Å². The lowest BCUT2D eigenvalue weighted by atomic mass is 10.1. The molecule has 2 rings (SSSR count). The monoisotopic (exact) mass is 329 g/mol. The van der Waals surface area contributed by atoms with Crippen LogP contribution in [0.2, 0.25) is 0 Å². The summed E-state index contributed by atoms with van der Waals surface area (Å²) in [6.07, 6.45) is -4.81. The molecule has 5 N–H and O–H groups in total. The van der Waals surface area contributed by atoms with Crippen molar-refractivity contribution in [2.24, 2.45) is 10.1 Å². The first-order valence-electron chi connectivity index (χ1n) is 6.46. The standard InChI is InChI=1S/C13H14F3N5O2/c1-6-4-8(7(17)5-9(6)23)19-10-11(13(14,15)16)20-21(2-3-22)12(10)18/h4-5,18,22-23H,2-3,17H2,1H3. The maximum atomic E-state index is 13.1. The zero-order chi connectivity index (χ0) is 17.4. The van der Waals surface area contributed by atoms with Gasteiger partial charge in [-0.25, -0.2) is 10.0 Å². The molecule has 10 heteroatoms. The summed E-state index contributed by atoms with van der Waals surface area (Å²) in [6, 6.07) is 2.48. The average Bonchev–Trinajstić information content (AvgIpc) is 2.74. The SMILES string of the molecule is Cc1cc(N=C2C(=N)N(CCO)N=C2C(F)(F)F)c(N)cc1O. The van der Waals surface area contributed by atoms with Crippen LogP contribution in [0.15, 0.2) is 22.2 Å². The number of hydrazone groups is 1. The second-order valence-electron chi connectivity index (χ2n) is 4.80. The van der Waals surface area contributed by atoms with Crippen LogP contribution < -0.4 is 5.73 Å². The number of hydrogen-bond donors (Lipinski definition) is 4. The van der Waals surface area contributed by atoms with Crippen LogP contribution in [0.25, 0.3) is 0 Å². The number of anilines is 1. The number of nitrogens with zero attached hydrogens (tertiary/aromatic N) is 3. The van der Waals surface area contributed by atoms with Crippen molar-refractivity contribution in [3.8, 4) is 5.75 Å². The van der Waals surface area contributed by atoms with E-state index in [0.29, 0.717) is 10.6 Å². The molecule has 0 aromatic heterocycles. The van der Waals surface area contributed by atoms with Crippen LogP contribution in [0.4, 0.5) is 24.5 Å². The van der Waals surface area contributed by atoms with E-state index in [1.807, 2.05) is 0 Å². The van der Waals surface area contributed by atoms with E-state index in [9.17, 15) is 18.3 Å². The zero-order valence-corrected chi connectivity index (χ0v) is 12.0. The molecule has 1 aliphatic rings. The van der Waals surface area contributed by atoms with Crippen molar-refractivity contribution in [1.29, 1.82) is 5.41 Å². The van der Waals surface area contributed by atoms with Crippen LogP contribution in [0.3, 0.4) is 0 Å². The number of phenols is 1. The molecule has 1 aromatic carbocycles. The number of β-amino-alcohol motifs (C(OH)–C–C–N with tert-alkyl or cyclic N) is 1. The third-order valence-corrected chi connectivity index (χ3v) is 3.09. The van der Waals surface area contributed by atoms with Gasteiger partial charge in [-0.1, -0.05) is 0 Å². The molecule has 1 aliphatic heterocycles. The lowest BCUT2D eigenvalue weighted by Crippen LogP contribution is -2.33. The lowest BCUT2D eigenvalue weighted by molar-refractivity contribution is -0.0571. The summed E-state index contributed by atoms with van der Waals surface area (Å²) in [4.78, 5) is 3.80. The lowest BCUT2D eigenvalue weighted by Gasteiger charge is -2.11. The predicted octanol–water partition coefficient (Wildman–Crippen LogP) is 1.56. The van der Waals surface area contributed by atoms with Gasteiger partial charge in [0.25, 0.3) is 0 Å². The van der Waals surface area contributed by atoms with Gasteiger partial charge in [-0.15, -0.1) is 0 Å². The van der Waals surface area contributed by atoms with Crippen molar-refractivity contribution in [3.63, 3.8) is 0 Å². The van der Waals surface area contributed by atoms with E-state index in [2.05, 4.69) is 10.1 Å². The Bertz CT molecular complexity index is 712. The molecule has 0 spiro atoms. The molecular formula is C13H14F3N5O2. The molecule has 0 atom stereocenters. The fourth-order valence-electron chi connectivity index (χ4n) is 1.92. The number of aromatic hydroxyl groups is 1. The normalized spacial score (nSPS) is 17.1. The van der Waals surface area contributed by atoms with Crippen LogP contribution >= 0.6 is 0 Å². The van der Waals surface area contributed by atoms with Crippen LogP contribution in [-0.4, -0.2) is 51.8 Å². The Morgan fingerprint density at radius 1 is 1.39 bits per heavy atom. The highest BCUT2D eigenvalue weighted by atomic mass is 19.4. The third kappa shape index (κ3) is 3.26. The summed E-state index contributed by atoms with van der Waals surface area (Å²) in [7, 11) is 0. The second kappa shape index (κ2) is 5.88. The first kappa shape index (κ1) is 16.7. The topological polar surface area (TPSA) is 118 Å². The summed E-state index contributed by atoms with van der Waals surface area (Å²) in [5.74, 6) is -0.698. The Balaban J connectivity index is 2.53. The van der Waals surface area contributed by atoms with Gasteiger partial charge in [-0.05, 0) is 18.6 Å². The molecule has 0 aliphatic carbocycles. The van der Waals surface area contributed by atoms with Crippen LogP contribution in [0.1, 0.15) is 5.56 Å². The fourth-order valence-corrected chi connectivity index (χ4v) is 1.92. The van der Waals surface area contributed by atoms with Gasteiger partial charge in [0.1, 0.15) is 11.5 Å². The summed E-state index contributed by atoms with van der Waals surface area (Å²) in [5, 5.41) is 30.1. The highest BCUT2D eigenvalue weighted by molar-refractivity contribution is 6.70. The molecule has 0 bridgehead atoms. The van der Waals surface area contributed by atoms with Gasteiger partial charge in [0.15, 0.2) is 11.5 Å². The van der Waals surface area contributed by atoms with Gasteiger partial charge >= 0.3 is 6.18 Å². The van der Waals surface area contributed by atoms with Crippen LogP contribution in [0, 0.1) is 12.3 Å². The number of hydrogen-bond acceptors (Lipinski definition) is 6. The Morgan fingerprint density at radius 3 is 2.61 bits per heavy atom. The Labute approximate surface area is 129 Å². The average molecular weight is 329 g/mol. The summed E-state index contributed by atoms with van der Waals surface area (Å²) < 4.78 is 39.2. The minimum atomic E-state index is -4.81. The van der Waals surface area contributed by atoms with E-state index < -0.39 is 30.0 Å². The highest BCUT2D eigenvalue weighted by Crippen LogP contribution is 2.32. The number of benzene rings is 1. The van der Waals surface area contributed by atoms with Crippen molar-refractivity contribution in [1.82, 2.24) is 5.01 Å². The molecule has 0 saturated carbocycles. The van der Waals surface area contributed by atoms with Gasteiger partial charge in [-0.3, -0.25) is 5.41 Å². The molecule has 0 amide bonds. The summed E-state index contributed by atoms with van der Waals surface area (Å²) >= 11 is 0. The number of phenolic OH excluding ortho intramolecular Hbond substituents is 1. The number of aliphatic hydroxyl groups is 1. The molecule has 124 valence electrons. The number of rotatable bonds is 3. The molecule has 1 aromatic rings. The van der Waals surface area contributed by atoms with E-state index in [1.54, 1.807) is 0 Å². The van der Waals surface area contributed by atoms with Gasteiger partial charge in [-0.2, -0.15) is 18.3 Å². The van der Waals surface area contributed by atoms with Crippen LogP contribution in [-0.2, 0) is 0 Å². The number of amidine groups is 1. The van der Waals surface area contributed by atoms with Crippen molar-refractivity contribution in [2.45, 2.75) is 13.1 Å². The van der Waals surface area contributed by atoms with Crippen LogP contribution in [0.5, 0.6) is 5.75 Å². The zero-order valence-electron chi connectivity index (χ0n) is 12.0. The molecule has 1 heterocycles. The van der Waals surface area contributed by atoms with Crippen molar-refractivity contribution in [2.75, 3.05) is 18.9 Å². The number of nitrogen functional groups attached to an aromatic ring is 1. The third-order valence-electron chi connectivity index (χ3n) is 3.09. The van der Waals surface area contributed by atoms with E-state index in [4.69, 9.17) is 16.2 Å². The summed E-state index contributed by atoms with van der Waals surface area (Å²) in [5.41, 5.74) is 3.96. The van der Waals surface area contributed by atoms with Crippen molar-refractivity contribution < 1.29 is 23.4 Å². The highest BCUT2D eigenvalue weighted by Gasteiger charge is 2.46. The molecule has 7 nitrogen and oxygen atoms in total. The molecule has 23 heavy (non-hydrogen) atoms. The number of aliphatic imine (C=N–C) groups is 1. The molecule has 0 unspecified atom stereocenters. The van der Waals surface area contributed by atoms with Gasteiger partial charge in [0, 0.05) is 6.07 Å². The minimum Gasteiger partial charge on any atom is -0.508 e. The summed E-state index contributed by atoms with van der Waals surface area (Å²) in [6.45, 7) is 0.807. The number of halogens is 3. The fraction of sp³-hybridized carbons (Fsp3) is 0.308. The second-order valence-corrected chi connectivity index (χ2v) is 4.80. The van der Waals surface area contributed by atoms with Gasteiger partial charge < -0.3 is 15.9 Å². The van der Waals surface area contributed by atoms with Gasteiger partial charge in [0.2, 0.25) is 0 Å². The number of aliphatic hydroxyl groups excluding tert-OH is 1. The predicted molar refractivity (Wildman–Crippen MR) is 79.4 cm³/mol. The first-order chi connectivity index (χ1) is 10.6. The number of nitrogens with two attached hydrogens (primary N) is 1. The smallest absolute Gasteiger partial charge is 0.437 e. The number of alkyl halides is 3. The minimum absolute atomic E-state index is 0.0113. The van der Waals surface area contributed by atoms with Crippen molar-refractivity contribution >= 4 is 28.6 Å². The Hall–Kier alpha value is -2.62. The number of aryl methyl sites for hydroxylation is 1. The van der Waals surface area contributed by atoms with E-state index in [-0.39, 0.29) is 23.7 Å². The molecule has 0 saturated heterocycles.